The zero-order chi connectivity index (χ0) is 21.6. The zero-order valence-corrected chi connectivity index (χ0v) is 16.3. The number of halogens is 3. The van der Waals surface area contributed by atoms with Crippen molar-refractivity contribution in [3.05, 3.63) is 47.2 Å². The lowest BCUT2D eigenvalue weighted by atomic mass is 9.67. The van der Waals surface area contributed by atoms with E-state index in [1.807, 2.05) is 20.8 Å². The van der Waals surface area contributed by atoms with Gasteiger partial charge in [0.05, 0.1) is 5.56 Å². The van der Waals surface area contributed by atoms with Crippen LogP contribution in [0, 0.1) is 5.41 Å². The fourth-order valence-electron chi connectivity index (χ4n) is 3.64. The van der Waals surface area contributed by atoms with Crippen molar-refractivity contribution in [3.63, 3.8) is 0 Å². The van der Waals surface area contributed by atoms with E-state index in [0.29, 0.717) is 0 Å². The number of benzene rings is 1. The van der Waals surface area contributed by atoms with E-state index in [1.165, 1.54) is 16.9 Å². The van der Waals surface area contributed by atoms with E-state index >= 15 is 0 Å². The van der Waals surface area contributed by atoms with Crippen molar-refractivity contribution in [3.8, 4) is 0 Å². The molecule has 1 aliphatic rings. The summed E-state index contributed by atoms with van der Waals surface area (Å²) in [4.78, 5) is 12.2. The first-order chi connectivity index (χ1) is 13.3. The summed E-state index contributed by atoms with van der Waals surface area (Å²) in [6.07, 6.45) is -0.868. The van der Waals surface area contributed by atoms with Crippen molar-refractivity contribution in [2.75, 3.05) is 0 Å². The van der Waals surface area contributed by atoms with Gasteiger partial charge in [0.2, 0.25) is 0 Å². The fraction of sp³-hybridized carbons (Fsp3) is 0.450. The molecule has 0 aliphatic heterocycles. The lowest BCUT2D eigenvalue weighted by Crippen LogP contribution is -2.49. The molecule has 2 aromatic rings. The third kappa shape index (κ3) is 3.73. The predicted octanol–water partition coefficient (Wildman–Crippen LogP) is 4.83. The number of nitrogens with zero attached hydrogens (tertiary/aromatic N) is 3. The second-order valence-corrected chi connectivity index (χ2v) is 8.25. The minimum atomic E-state index is -4.50. The number of fused-ring (bicyclic) bond motifs is 1. The topological polar surface area (TPSA) is 88.2 Å². The quantitative estimate of drug-likeness (QED) is 0.755. The van der Waals surface area contributed by atoms with E-state index in [1.54, 1.807) is 6.08 Å². The molecule has 0 fully saturated rings. The average Bonchev–Trinajstić information content (AvgIpc) is 3.02. The molecule has 6 nitrogen and oxygen atoms in total. The van der Waals surface area contributed by atoms with Gasteiger partial charge in [-0.15, -0.1) is 0 Å². The molecule has 0 saturated carbocycles. The molecule has 1 aromatic carbocycles. The Morgan fingerprint density at radius 3 is 2.41 bits per heavy atom. The maximum absolute atomic E-state index is 13.0. The van der Waals surface area contributed by atoms with Crippen LogP contribution in [-0.2, 0) is 16.5 Å². The van der Waals surface area contributed by atoms with Gasteiger partial charge in [0, 0.05) is 12.8 Å². The summed E-state index contributed by atoms with van der Waals surface area (Å²) in [5, 5.41) is 28.5. The van der Waals surface area contributed by atoms with Crippen LogP contribution in [0.15, 0.2) is 41.7 Å². The highest BCUT2D eigenvalue weighted by molar-refractivity contribution is 5.74. The molecule has 0 bridgehead atoms. The van der Waals surface area contributed by atoms with Crippen LogP contribution in [0.25, 0.3) is 11.0 Å². The maximum Gasteiger partial charge on any atom is 0.416 e. The Hall–Kier alpha value is -2.84. The molecule has 1 aliphatic carbocycles. The lowest BCUT2D eigenvalue weighted by molar-refractivity contribution is -0.138. The summed E-state index contributed by atoms with van der Waals surface area (Å²) in [6, 6.07) is 3.13. The summed E-state index contributed by atoms with van der Waals surface area (Å²) in [5.41, 5.74) is -1.48. The first kappa shape index (κ1) is 20.9. The Bertz CT molecular complexity index is 1020. The van der Waals surface area contributed by atoms with Crippen molar-refractivity contribution < 1.29 is 28.2 Å². The Labute approximate surface area is 165 Å². The van der Waals surface area contributed by atoms with Crippen LogP contribution in [0.5, 0.6) is 0 Å². The maximum atomic E-state index is 13.0. The van der Waals surface area contributed by atoms with E-state index in [2.05, 4.69) is 10.2 Å². The normalized spacial score (nSPS) is 20.5. The molecular formula is C20H22F3N3O3. The molecule has 3 rings (SSSR count). The number of carboxylic acids is 1. The van der Waals surface area contributed by atoms with Gasteiger partial charge in [-0.2, -0.15) is 28.2 Å². The van der Waals surface area contributed by atoms with Crippen LogP contribution in [0.2, 0.25) is 0 Å². The number of alkyl halides is 3. The summed E-state index contributed by atoms with van der Waals surface area (Å²) in [5.74, 6) is -0.964. The van der Waals surface area contributed by atoms with Gasteiger partial charge < -0.3 is 10.2 Å². The van der Waals surface area contributed by atoms with E-state index in [0.717, 1.165) is 17.7 Å². The van der Waals surface area contributed by atoms with Gasteiger partial charge in [-0.25, -0.2) is 0 Å². The lowest BCUT2D eigenvalue weighted by Gasteiger charge is -2.45. The summed E-state index contributed by atoms with van der Waals surface area (Å²) in [6.45, 7) is 5.60. The van der Waals surface area contributed by atoms with E-state index < -0.39 is 28.7 Å². The Morgan fingerprint density at radius 2 is 1.83 bits per heavy atom. The molecule has 1 heterocycles. The van der Waals surface area contributed by atoms with Gasteiger partial charge in [0.15, 0.2) is 0 Å². The number of aromatic nitrogens is 3. The van der Waals surface area contributed by atoms with E-state index in [-0.39, 0.29) is 36.1 Å². The standard InChI is InChI=1S/C20H22F3N3O3/c1-18(2,3)19(11-12(4-8-16(19)27)5-9-17(28)29)26-24-14-7-6-13(20(21,22)23)10-15(14)25-26/h4,6-8,10,27H,5,9,11H2,1-3H3,(H,28,29). The van der Waals surface area contributed by atoms with Crippen LogP contribution in [-0.4, -0.2) is 31.2 Å². The van der Waals surface area contributed by atoms with Crippen LogP contribution >= 0.6 is 0 Å². The highest BCUT2D eigenvalue weighted by atomic mass is 19.4. The van der Waals surface area contributed by atoms with Crippen LogP contribution in [0.3, 0.4) is 0 Å². The number of rotatable bonds is 4. The smallest absolute Gasteiger partial charge is 0.416 e. The minimum absolute atomic E-state index is 0.0274. The number of hydrogen-bond donors (Lipinski definition) is 2. The van der Waals surface area contributed by atoms with Gasteiger partial charge in [-0.3, -0.25) is 4.79 Å². The van der Waals surface area contributed by atoms with Crippen LogP contribution in [0.1, 0.15) is 45.6 Å². The Morgan fingerprint density at radius 1 is 1.17 bits per heavy atom. The largest absolute Gasteiger partial charge is 0.510 e. The van der Waals surface area contributed by atoms with Gasteiger partial charge >= 0.3 is 12.1 Å². The van der Waals surface area contributed by atoms with Crippen molar-refractivity contribution >= 4 is 17.0 Å². The van der Waals surface area contributed by atoms with Gasteiger partial charge in [-0.1, -0.05) is 32.4 Å². The number of allylic oxidation sites excluding steroid dienone is 4. The molecule has 2 N–H and O–H groups in total. The SMILES string of the molecule is CC(C)(C)C1(n2nc3ccc(C(F)(F)F)cc3n2)CC(CCC(=O)O)=CC=C1O. The molecule has 1 aromatic heterocycles. The summed E-state index contributed by atoms with van der Waals surface area (Å²) >= 11 is 0. The number of aliphatic carboxylic acids is 1. The first-order valence-corrected chi connectivity index (χ1v) is 9.10. The number of carbonyl (C=O) groups is 1. The van der Waals surface area contributed by atoms with E-state index in [4.69, 9.17) is 5.11 Å². The molecule has 156 valence electrons. The summed E-state index contributed by atoms with van der Waals surface area (Å²) < 4.78 is 39.1. The van der Waals surface area contributed by atoms with Crippen LogP contribution < -0.4 is 0 Å². The number of hydrogen-bond acceptors (Lipinski definition) is 4. The Balaban J connectivity index is 2.11. The molecular weight excluding hydrogens is 387 g/mol. The average molecular weight is 409 g/mol. The van der Waals surface area contributed by atoms with Gasteiger partial charge in [0.1, 0.15) is 22.3 Å². The van der Waals surface area contributed by atoms with E-state index in [9.17, 15) is 23.1 Å². The van der Waals surface area contributed by atoms with Gasteiger partial charge in [0.25, 0.3) is 0 Å². The second-order valence-electron chi connectivity index (χ2n) is 8.25. The van der Waals surface area contributed by atoms with Crippen molar-refractivity contribution in [1.29, 1.82) is 0 Å². The fourth-order valence-corrected chi connectivity index (χ4v) is 3.64. The molecule has 1 unspecified atom stereocenters. The number of carboxylic acid groups (broad SMARTS) is 1. The first-order valence-electron chi connectivity index (χ1n) is 9.10. The molecule has 29 heavy (non-hydrogen) atoms. The van der Waals surface area contributed by atoms with Crippen molar-refractivity contribution in [2.45, 2.75) is 51.7 Å². The third-order valence-electron chi connectivity index (χ3n) is 5.33. The van der Waals surface area contributed by atoms with Crippen molar-refractivity contribution in [2.24, 2.45) is 5.41 Å². The molecule has 0 radical (unpaired) electrons. The molecule has 0 saturated heterocycles. The highest BCUT2D eigenvalue weighted by Gasteiger charge is 2.51. The minimum Gasteiger partial charge on any atom is -0.510 e. The molecule has 0 spiro atoms. The zero-order valence-electron chi connectivity index (χ0n) is 16.3. The molecule has 0 amide bonds. The van der Waals surface area contributed by atoms with Gasteiger partial charge in [-0.05, 0) is 36.1 Å². The molecule has 9 heteroatoms. The monoisotopic (exact) mass is 409 g/mol. The molecule has 1 atom stereocenters. The summed E-state index contributed by atoms with van der Waals surface area (Å²) in [7, 11) is 0. The third-order valence-corrected chi connectivity index (χ3v) is 5.33. The van der Waals surface area contributed by atoms with Crippen LogP contribution in [0.4, 0.5) is 13.2 Å². The highest BCUT2D eigenvalue weighted by Crippen LogP contribution is 2.48. The number of aliphatic hydroxyl groups is 1. The number of aliphatic hydroxyl groups excluding tert-OH is 1. The second kappa shape index (κ2) is 6.89. The Kier molecular flexibility index (Phi) is 4.96. The van der Waals surface area contributed by atoms with Crippen molar-refractivity contribution in [1.82, 2.24) is 15.0 Å². The predicted molar refractivity (Wildman–Crippen MR) is 100 cm³/mol.